The highest BCUT2D eigenvalue weighted by molar-refractivity contribution is 7.89. The Hall–Kier alpha value is -2.92. The number of sulfonamides is 1. The van der Waals surface area contributed by atoms with Crippen LogP contribution in [-0.4, -0.2) is 49.3 Å². The molecule has 1 unspecified atom stereocenters. The van der Waals surface area contributed by atoms with Crippen LogP contribution >= 0.6 is 0 Å². The highest BCUT2D eigenvalue weighted by Gasteiger charge is 2.25. The van der Waals surface area contributed by atoms with Crippen LogP contribution in [0.3, 0.4) is 0 Å². The molecule has 1 aromatic carbocycles. The molecule has 0 saturated heterocycles. The maximum Gasteiger partial charge on any atom is 0.338 e. The normalized spacial score (nSPS) is 12.5. The van der Waals surface area contributed by atoms with Crippen molar-refractivity contribution in [3.63, 3.8) is 0 Å². The largest absolute Gasteiger partial charge is 0.495 e. The molecule has 0 aliphatic rings. The van der Waals surface area contributed by atoms with Gasteiger partial charge in [0, 0.05) is 13.1 Å². The summed E-state index contributed by atoms with van der Waals surface area (Å²) in [6.07, 6.45) is -1.12. The number of anilines is 1. The van der Waals surface area contributed by atoms with Crippen molar-refractivity contribution in [1.82, 2.24) is 14.5 Å². The molecule has 1 amide bonds. The Labute approximate surface area is 182 Å². The number of carbonyl (C=O) groups is 2. The lowest BCUT2D eigenvalue weighted by Crippen LogP contribution is -2.31. The predicted molar refractivity (Wildman–Crippen MR) is 115 cm³/mol. The Morgan fingerprint density at radius 1 is 1.16 bits per heavy atom. The maximum absolute atomic E-state index is 12.6. The minimum atomic E-state index is -3.92. The number of hydrogen-bond acceptors (Lipinski definition) is 7. The van der Waals surface area contributed by atoms with E-state index in [1.54, 1.807) is 39.4 Å². The molecule has 0 radical (unpaired) electrons. The van der Waals surface area contributed by atoms with Gasteiger partial charge in [-0.15, -0.1) is 0 Å². The SMILES string of the molecule is COc1ccc(C(=O)OC(C)C(=O)Nc2c(C)nn(C)c2C)cc1S(=O)(=O)NC(C)C. The second kappa shape index (κ2) is 9.48. The summed E-state index contributed by atoms with van der Waals surface area (Å²) in [5.74, 6) is -1.29. The van der Waals surface area contributed by atoms with E-state index in [-0.39, 0.29) is 22.3 Å². The molecule has 170 valence electrons. The molecule has 0 fully saturated rings. The van der Waals surface area contributed by atoms with Crippen LogP contribution in [0.5, 0.6) is 5.75 Å². The number of benzene rings is 1. The highest BCUT2D eigenvalue weighted by atomic mass is 32.2. The second-order valence-electron chi connectivity index (χ2n) is 7.35. The van der Waals surface area contributed by atoms with Gasteiger partial charge in [-0.25, -0.2) is 17.9 Å². The zero-order valence-corrected chi connectivity index (χ0v) is 19.5. The Morgan fingerprint density at radius 3 is 2.32 bits per heavy atom. The van der Waals surface area contributed by atoms with Crippen LogP contribution in [0.15, 0.2) is 23.1 Å². The van der Waals surface area contributed by atoms with E-state index in [1.807, 2.05) is 0 Å². The molecule has 0 spiro atoms. The van der Waals surface area contributed by atoms with Gasteiger partial charge in [0.2, 0.25) is 10.0 Å². The van der Waals surface area contributed by atoms with E-state index in [0.717, 1.165) is 11.8 Å². The molecular weight excluding hydrogens is 424 g/mol. The molecule has 1 heterocycles. The molecule has 11 heteroatoms. The van der Waals surface area contributed by atoms with Crippen LogP contribution < -0.4 is 14.8 Å². The van der Waals surface area contributed by atoms with Crippen molar-refractivity contribution >= 4 is 27.6 Å². The number of carbonyl (C=O) groups excluding carboxylic acids is 2. The van der Waals surface area contributed by atoms with Crippen molar-refractivity contribution in [3.8, 4) is 5.75 Å². The highest BCUT2D eigenvalue weighted by Crippen LogP contribution is 2.26. The van der Waals surface area contributed by atoms with Gasteiger partial charge in [0.1, 0.15) is 10.6 Å². The minimum Gasteiger partial charge on any atom is -0.495 e. The summed E-state index contributed by atoms with van der Waals surface area (Å²) in [6.45, 7) is 8.33. The van der Waals surface area contributed by atoms with Gasteiger partial charge in [-0.1, -0.05) is 0 Å². The lowest BCUT2D eigenvalue weighted by molar-refractivity contribution is -0.123. The summed E-state index contributed by atoms with van der Waals surface area (Å²) < 4.78 is 39.6. The summed E-state index contributed by atoms with van der Waals surface area (Å²) in [5.41, 5.74) is 1.91. The Balaban J connectivity index is 2.21. The number of amides is 1. The standard InChI is InChI=1S/C20H28N4O6S/c1-11(2)23-31(27,28)17-10-15(8-9-16(17)29-7)20(26)30-14(5)19(25)21-18-12(3)22-24(6)13(18)4/h8-11,14,23H,1-7H3,(H,21,25). The van der Waals surface area contributed by atoms with Gasteiger partial charge in [-0.05, 0) is 52.8 Å². The zero-order chi connectivity index (χ0) is 23.5. The number of ether oxygens (including phenoxy) is 2. The summed E-state index contributed by atoms with van der Waals surface area (Å²) in [4.78, 5) is 24.9. The van der Waals surface area contributed by atoms with Crippen LogP contribution in [0.25, 0.3) is 0 Å². The number of esters is 1. The van der Waals surface area contributed by atoms with E-state index >= 15 is 0 Å². The van der Waals surface area contributed by atoms with Gasteiger partial charge in [0.05, 0.1) is 29.7 Å². The lowest BCUT2D eigenvalue weighted by Gasteiger charge is -2.16. The fourth-order valence-corrected chi connectivity index (χ4v) is 4.29. The first-order valence-corrected chi connectivity index (χ1v) is 11.1. The topological polar surface area (TPSA) is 129 Å². The number of nitrogens with one attached hydrogen (secondary N) is 2. The predicted octanol–water partition coefficient (Wildman–Crippen LogP) is 1.92. The van der Waals surface area contributed by atoms with Gasteiger partial charge in [-0.2, -0.15) is 5.10 Å². The van der Waals surface area contributed by atoms with E-state index in [2.05, 4.69) is 15.1 Å². The van der Waals surface area contributed by atoms with E-state index in [4.69, 9.17) is 9.47 Å². The summed E-state index contributed by atoms with van der Waals surface area (Å²) in [5, 5.41) is 6.93. The molecule has 0 aliphatic carbocycles. The fraction of sp³-hybridized carbons (Fsp3) is 0.450. The Kier molecular flexibility index (Phi) is 7.45. The number of rotatable bonds is 8. The maximum atomic E-state index is 12.6. The minimum absolute atomic E-state index is 0.0293. The number of hydrogen-bond donors (Lipinski definition) is 2. The van der Waals surface area contributed by atoms with Gasteiger partial charge >= 0.3 is 5.97 Å². The molecular formula is C20H28N4O6S. The van der Waals surface area contributed by atoms with E-state index in [0.29, 0.717) is 11.4 Å². The summed E-state index contributed by atoms with van der Waals surface area (Å²) in [6, 6.07) is 3.54. The van der Waals surface area contributed by atoms with Crippen molar-refractivity contribution in [2.24, 2.45) is 7.05 Å². The van der Waals surface area contributed by atoms with Gasteiger partial charge in [0.25, 0.3) is 5.91 Å². The number of nitrogens with zero attached hydrogens (tertiary/aromatic N) is 2. The fourth-order valence-electron chi connectivity index (χ4n) is 2.85. The third kappa shape index (κ3) is 5.61. The molecule has 0 aliphatic heterocycles. The first-order valence-electron chi connectivity index (χ1n) is 9.59. The van der Waals surface area contributed by atoms with E-state index < -0.39 is 28.0 Å². The molecule has 1 atom stereocenters. The zero-order valence-electron chi connectivity index (χ0n) is 18.6. The smallest absolute Gasteiger partial charge is 0.338 e. The second-order valence-corrected chi connectivity index (χ2v) is 9.03. The third-order valence-electron chi connectivity index (χ3n) is 4.49. The van der Waals surface area contributed by atoms with Crippen LogP contribution in [0.2, 0.25) is 0 Å². The van der Waals surface area contributed by atoms with E-state index in [9.17, 15) is 18.0 Å². The molecule has 1 aromatic heterocycles. The number of methoxy groups -OCH3 is 1. The summed E-state index contributed by atoms with van der Waals surface area (Å²) in [7, 11) is -0.838. The molecule has 0 saturated carbocycles. The summed E-state index contributed by atoms with van der Waals surface area (Å²) >= 11 is 0. The lowest BCUT2D eigenvalue weighted by atomic mass is 10.2. The molecule has 0 bridgehead atoms. The first kappa shape index (κ1) is 24.4. The third-order valence-corrected chi connectivity index (χ3v) is 6.17. The Bertz CT molecular complexity index is 1090. The van der Waals surface area contributed by atoms with Crippen LogP contribution in [0, 0.1) is 13.8 Å². The van der Waals surface area contributed by atoms with Crippen molar-refractivity contribution in [2.75, 3.05) is 12.4 Å². The molecule has 2 N–H and O–H groups in total. The van der Waals surface area contributed by atoms with Gasteiger partial charge < -0.3 is 14.8 Å². The number of aromatic nitrogens is 2. The van der Waals surface area contributed by atoms with Crippen molar-refractivity contribution < 1.29 is 27.5 Å². The average molecular weight is 453 g/mol. The monoisotopic (exact) mass is 452 g/mol. The van der Waals surface area contributed by atoms with Crippen molar-refractivity contribution in [3.05, 3.63) is 35.2 Å². The quantitative estimate of drug-likeness (QED) is 0.586. The van der Waals surface area contributed by atoms with Gasteiger partial charge in [0.15, 0.2) is 6.10 Å². The van der Waals surface area contributed by atoms with Crippen LogP contribution in [-0.2, 0) is 26.6 Å². The number of aryl methyl sites for hydroxylation is 2. The van der Waals surface area contributed by atoms with Gasteiger partial charge in [-0.3, -0.25) is 9.48 Å². The molecule has 31 heavy (non-hydrogen) atoms. The molecule has 2 rings (SSSR count). The molecule has 10 nitrogen and oxygen atoms in total. The van der Waals surface area contributed by atoms with Crippen LogP contribution in [0.1, 0.15) is 42.5 Å². The van der Waals surface area contributed by atoms with E-state index in [1.165, 1.54) is 26.2 Å². The van der Waals surface area contributed by atoms with Crippen LogP contribution in [0.4, 0.5) is 5.69 Å². The van der Waals surface area contributed by atoms with Crippen molar-refractivity contribution in [1.29, 1.82) is 0 Å². The Morgan fingerprint density at radius 2 is 1.81 bits per heavy atom. The first-order chi connectivity index (χ1) is 14.4. The molecule has 2 aromatic rings. The average Bonchev–Trinajstić information content (AvgIpc) is 2.92. The van der Waals surface area contributed by atoms with Crippen molar-refractivity contribution in [2.45, 2.75) is 51.7 Å².